The Hall–Kier alpha value is -3.19. The molecule has 3 atom stereocenters. The molecule has 3 aromatic rings. The molecule has 5 rings (SSSR count). The van der Waals surface area contributed by atoms with E-state index in [2.05, 4.69) is 39.0 Å². The van der Waals surface area contributed by atoms with E-state index in [4.69, 9.17) is 4.98 Å². The molecule has 0 aromatic carbocycles. The van der Waals surface area contributed by atoms with Crippen molar-refractivity contribution in [1.82, 2.24) is 19.9 Å². The number of alkyl halides is 2. The summed E-state index contributed by atoms with van der Waals surface area (Å²) in [5, 5.41) is 15.1. The summed E-state index contributed by atoms with van der Waals surface area (Å²) in [6, 6.07) is 3.59. The summed E-state index contributed by atoms with van der Waals surface area (Å²) < 4.78 is 53.3. The van der Waals surface area contributed by atoms with E-state index in [1.165, 1.54) is 11.1 Å². The number of nitrogens with zero attached hydrogens (tertiary/aromatic N) is 6. The van der Waals surface area contributed by atoms with Gasteiger partial charge in [-0.1, -0.05) is 20.8 Å². The van der Waals surface area contributed by atoms with Gasteiger partial charge in [0.2, 0.25) is 5.95 Å². The van der Waals surface area contributed by atoms with E-state index in [9.17, 15) is 22.3 Å². The molecular formula is C28H37F2N7O3S. The van der Waals surface area contributed by atoms with Crippen molar-refractivity contribution in [2.45, 2.75) is 64.5 Å². The Morgan fingerprint density at radius 3 is 2.59 bits per heavy atom. The fraction of sp³-hybridized carbons (Fsp3) is 0.571. The lowest BCUT2D eigenvalue weighted by molar-refractivity contribution is -0.177. The van der Waals surface area contributed by atoms with Gasteiger partial charge in [-0.05, 0) is 49.3 Å². The van der Waals surface area contributed by atoms with Gasteiger partial charge in [0.05, 0.1) is 12.3 Å². The van der Waals surface area contributed by atoms with Crippen molar-refractivity contribution in [2.24, 2.45) is 5.92 Å². The number of rotatable bonds is 8. The molecule has 5 heterocycles. The quantitative estimate of drug-likeness (QED) is 0.396. The number of sulfone groups is 1. The van der Waals surface area contributed by atoms with Crippen molar-refractivity contribution in [1.29, 1.82) is 0 Å². The zero-order valence-electron chi connectivity index (χ0n) is 24.0. The Bertz CT molecular complexity index is 1550. The molecule has 0 amide bonds. The monoisotopic (exact) mass is 589 g/mol. The van der Waals surface area contributed by atoms with Crippen LogP contribution in [0.15, 0.2) is 30.7 Å². The normalized spacial score (nSPS) is 24.5. The van der Waals surface area contributed by atoms with Crippen molar-refractivity contribution >= 4 is 44.0 Å². The molecule has 2 aliphatic heterocycles. The minimum atomic E-state index is -3.30. The maximum atomic E-state index is 14.5. The molecule has 41 heavy (non-hydrogen) atoms. The minimum Gasteiger partial charge on any atom is -0.384 e. The molecule has 2 saturated heterocycles. The summed E-state index contributed by atoms with van der Waals surface area (Å²) in [7, 11) is -3.06. The summed E-state index contributed by atoms with van der Waals surface area (Å²) in [6.45, 7) is 9.16. The van der Waals surface area contributed by atoms with Crippen LogP contribution in [-0.2, 0) is 9.84 Å². The van der Waals surface area contributed by atoms with Crippen LogP contribution < -0.4 is 15.1 Å². The van der Waals surface area contributed by atoms with Crippen LogP contribution in [0.3, 0.4) is 0 Å². The molecule has 13 heteroatoms. The maximum Gasteiger partial charge on any atom is 0.293 e. The van der Waals surface area contributed by atoms with E-state index >= 15 is 0 Å². The van der Waals surface area contributed by atoms with Gasteiger partial charge in [0, 0.05) is 54.8 Å². The first-order chi connectivity index (χ1) is 19.2. The molecule has 0 bridgehead atoms. The Morgan fingerprint density at radius 1 is 1.17 bits per heavy atom. The number of pyridine rings is 2. The van der Waals surface area contributed by atoms with Gasteiger partial charge < -0.3 is 20.2 Å². The van der Waals surface area contributed by atoms with Crippen molar-refractivity contribution in [2.75, 3.05) is 46.3 Å². The van der Waals surface area contributed by atoms with Crippen molar-refractivity contribution in [3.63, 3.8) is 0 Å². The molecule has 2 N–H and O–H groups in total. The first kappa shape index (κ1) is 29.3. The Balaban J connectivity index is 1.40. The highest BCUT2D eigenvalue weighted by Crippen LogP contribution is 2.39. The van der Waals surface area contributed by atoms with Crippen LogP contribution in [-0.4, -0.2) is 82.2 Å². The lowest BCUT2D eigenvalue weighted by Gasteiger charge is -2.47. The fourth-order valence-electron chi connectivity index (χ4n) is 5.40. The summed E-state index contributed by atoms with van der Waals surface area (Å²) in [4.78, 5) is 21.5. The van der Waals surface area contributed by atoms with Gasteiger partial charge in [-0.3, -0.25) is 0 Å². The van der Waals surface area contributed by atoms with E-state index in [0.29, 0.717) is 18.2 Å². The third kappa shape index (κ3) is 5.66. The van der Waals surface area contributed by atoms with Crippen LogP contribution in [0.4, 0.5) is 32.2 Å². The number of nitrogens with one attached hydrogen (secondary N) is 1. The van der Waals surface area contributed by atoms with Crippen molar-refractivity contribution in [3.8, 4) is 0 Å². The van der Waals surface area contributed by atoms with Crippen molar-refractivity contribution < 1.29 is 22.3 Å². The third-order valence-corrected chi connectivity index (χ3v) is 10.2. The molecule has 2 fully saturated rings. The van der Waals surface area contributed by atoms with Gasteiger partial charge in [-0.2, -0.15) is 4.98 Å². The van der Waals surface area contributed by atoms with Gasteiger partial charge in [-0.25, -0.2) is 32.2 Å². The van der Waals surface area contributed by atoms with Gasteiger partial charge >= 0.3 is 0 Å². The molecule has 0 unspecified atom stereocenters. The van der Waals surface area contributed by atoms with E-state index < -0.39 is 27.9 Å². The average molecular weight is 590 g/mol. The molecule has 0 saturated carbocycles. The highest BCUT2D eigenvalue weighted by molar-refractivity contribution is 7.91. The molecule has 0 radical (unpaired) electrons. The third-order valence-electron chi connectivity index (χ3n) is 8.42. The molecule has 0 aliphatic carbocycles. The summed E-state index contributed by atoms with van der Waals surface area (Å²) in [6.07, 6.45) is 5.01. The predicted molar refractivity (Wildman–Crippen MR) is 156 cm³/mol. The summed E-state index contributed by atoms with van der Waals surface area (Å²) >= 11 is 0. The first-order valence-electron chi connectivity index (χ1n) is 13.9. The topological polar surface area (TPSA) is 124 Å². The minimum absolute atomic E-state index is 0.0278. The van der Waals surface area contributed by atoms with Gasteiger partial charge in [-0.15, -0.1) is 0 Å². The number of hydrogen-bond acceptors (Lipinski definition) is 10. The Kier molecular flexibility index (Phi) is 7.56. The van der Waals surface area contributed by atoms with E-state index in [1.54, 1.807) is 19.2 Å². The van der Waals surface area contributed by atoms with Crippen LogP contribution in [0, 0.1) is 5.92 Å². The largest absolute Gasteiger partial charge is 0.384 e. The highest BCUT2D eigenvalue weighted by Gasteiger charge is 2.53. The van der Waals surface area contributed by atoms with Gasteiger partial charge in [0.25, 0.3) is 5.92 Å². The number of anilines is 4. The number of hydrogen-bond donors (Lipinski definition) is 2. The molecule has 222 valence electrons. The van der Waals surface area contributed by atoms with Gasteiger partial charge in [0.1, 0.15) is 32.9 Å². The summed E-state index contributed by atoms with van der Waals surface area (Å²) in [5.41, 5.74) is -1.03. The zero-order valence-corrected chi connectivity index (χ0v) is 24.8. The van der Waals surface area contributed by atoms with E-state index in [0.717, 1.165) is 29.1 Å². The van der Waals surface area contributed by atoms with Crippen LogP contribution in [0.1, 0.15) is 52.5 Å². The SMILES string of the molecule is CCS(=O)(=O)C[C@H]1CN(c2ncc(C(C)C)c3cc(Nc4ccnc(N5CC[C@](C)(O)C(F)(F)C5)n4)ncc23)[C@@H]1C. The zero-order chi connectivity index (χ0) is 29.7. The second-order valence-electron chi connectivity index (χ2n) is 11.7. The lowest BCUT2D eigenvalue weighted by Crippen LogP contribution is -2.59. The lowest BCUT2D eigenvalue weighted by atomic mass is 9.90. The molecule has 10 nitrogen and oxygen atoms in total. The predicted octanol–water partition coefficient (Wildman–Crippen LogP) is 4.14. The van der Waals surface area contributed by atoms with Crippen LogP contribution in [0.2, 0.25) is 0 Å². The second kappa shape index (κ2) is 10.6. The van der Waals surface area contributed by atoms with Crippen LogP contribution in [0.25, 0.3) is 10.8 Å². The molecular weight excluding hydrogens is 552 g/mol. The number of fused-ring (bicyclic) bond motifs is 1. The van der Waals surface area contributed by atoms with Crippen molar-refractivity contribution in [3.05, 3.63) is 36.3 Å². The van der Waals surface area contributed by atoms with Crippen LogP contribution in [0.5, 0.6) is 0 Å². The smallest absolute Gasteiger partial charge is 0.293 e. The Labute approximate surface area is 239 Å². The van der Waals surface area contributed by atoms with E-state index in [1.807, 2.05) is 19.2 Å². The summed E-state index contributed by atoms with van der Waals surface area (Å²) in [5.74, 6) is -0.904. The molecule has 2 aliphatic rings. The maximum absolute atomic E-state index is 14.5. The van der Waals surface area contributed by atoms with Crippen LogP contribution >= 0.6 is 0 Å². The fourth-order valence-corrected chi connectivity index (χ4v) is 6.67. The van der Waals surface area contributed by atoms with E-state index in [-0.39, 0.29) is 48.3 Å². The molecule has 0 spiro atoms. The number of halogens is 2. The first-order valence-corrected chi connectivity index (χ1v) is 15.7. The number of piperidine rings is 1. The number of aliphatic hydroxyl groups is 1. The standard InChI is InChI=1S/C28H37F2N7O3S/c1-6-41(39,40)15-19-14-37(18(19)4)25-22-13-32-24(11-20(22)21(12-33-25)17(2)3)34-23-7-9-31-26(35-23)36-10-8-27(5,38)28(29,30)16-36/h7,9,11-13,17-19,38H,6,8,10,14-16H2,1-5H3,(H,31,32,34,35)/t18-,19-,27+/m1/s1. The van der Waals surface area contributed by atoms with Gasteiger partial charge in [0.15, 0.2) is 0 Å². The average Bonchev–Trinajstić information content (AvgIpc) is 2.91. The number of aromatic nitrogens is 4. The highest BCUT2D eigenvalue weighted by atomic mass is 32.2. The molecule has 3 aromatic heterocycles. The second-order valence-corrected chi connectivity index (χ2v) is 14.1. The Morgan fingerprint density at radius 2 is 1.93 bits per heavy atom.